The van der Waals surface area contributed by atoms with Crippen molar-refractivity contribution in [3.05, 3.63) is 163 Å². The Hall–Kier alpha value is -5.40. The molecule has 1 aliphatic rings. The smallest absolute Gasteiger partial charge is 0.0547 e. The molecule has 44 heavy (non-hydrogen) atoms. The molecule has 0 amide bonds. The number of benzene rings is 7. The van der Waals surface area contributed by atoms with Crippen LogP contribution in [0.5, 0.6) is 0 Å². The van der Waals surface area contributed by atoms with Gasteiger partial charge in [0, 0.05) is 21.9 Å². The average molecular weight is 562 g/mol. The van der Waals surface area contributed by atoms with E-state index in [-0.39, 0.29) is 5.41 Å². The Morgan fingerprint density at radius 3 is 1.75 bits per heavy atom. The molecule has 8 aromatic rings. The molecule has 0 radical (unpaired) electrons. The van der Waals surface area contributed by atoms with Crippen molar-refractivity contribution in [3.63, 3.8) is 0 Å². The second kappa shape index (κ2) is 9.30. The quantitative estimate of drug-likeness (QED) is 0.202. The van der Waals surface area contributed by atoms with Gasteiger partial charge >= 0.3 is 0 Å². The highest BCUT2D eigenvalue weighted by Gasteiger charge is 2.37. The van der Waals surface area contributed by atoms with Crippen molar-refractivity contribution in [1.29, 1.82) is 0 Å². The van der Waals surface area contributed by atoms with Crippen molar-refractivity contribution < 1.29 is 0 Å². The van der Waals surface area contributed by atoms with Crippen LogP contribution in [0.15, 0.2) is 152 Å². The fraction of sp³-hybridized carbons (Fsp3) is 0.0698. The molecule has 1 nitrogen and oxygen atoms in total. The monoisotopic (exact) mass is 561 g/mol. The van der Waals surface area contributed by atoms with Crippen LogP contribution in [0.3, 0.4) is 0 Å². The molecule has 0 fully saturated rings. The summed E-state index contributed by atoms with van der Waals surface area (Å²) in [6, 6.07) is 55.8. The highest BCUT2D eigenvalue weighted by atomic mass is 15.0. The summed E-state index contributed by atoms with van der Waals surface area (Å²) in [5.41, 5.74) is 13.9. The Balaban J connectivity index is 1.37. The lowest BCUT2D eigenvalue weighted by atomic mass is 9.80. The summed E-state index contributed by atoms with van der Waals surface area (Å²) >= 11 is 0. The fourth-order valence-electron chi connectivity index (χ4n) is 7.67. The zero-order valence-corrected chi connectivity index (χ0v) is 24.9. The van der Waals surface area contributed by atoms with Gasteiger partial charge in [-0.25, -0.2) is 0 Å². The molecular weight excluding hydrogens is 530 g/mol. The highest BCUT2D eigenvalue weighted by Crippen LogP contribution is 2.53. The molecule has 1 heteroatoms. The largest absolute Gasteiger partial charge is 0.309 e. The molecular formula is C43H31N. The Labute approximate surface area is 257 Å². The number of aromatic nitrogens is 1. The van der Waals surface area contributed by atoms with Gasteiger partial charge in [-0.15, -0.1) is 0 Å². The van der Waals surface area contributed by atoms with Crippen molar-refractivity contribution in [3.8, 4) is 39.1 Å². The molecule has 7 aromatic carbocycles. The first kappa shape index (κ1) is 25.1. The molecule has 0 bridgehead atoms. The van der Waals surface area contributed by atoms with Gasteiger partial charge in [0.1, 0.15) is 0 Å². The van der Waals surface area contributed by atoms with E-state index in [9.17, 15) is 0 Å². The number of hydrogen-bond acceptors (Lipinski definition) is 0. The molecule has 0 N–H and O–H groups in total. The molecule has 0 saturated carbocycles. The van der Waals surface area contributed by atoms with Gasteiger partial charge in [-0.2, -0.15) is 0 Å². The van der Waals surface area contributed by atoms with Gasteiger partial charge < -0.3 is 4.57 Å². The summed E-state index contributed by atoms with van der Waals surface area (Å²) in [4.78, 5) is 0. The van der Waals surface area contributed by atoms with E-state index in [1.165, 1.54) is 82.8 Å². The number of fused-ring (bicyclic) bond motifs is 8. The summed E-state index contributed by atoms with van der Waals surface area (Å²) < 4.78 is 2.48. The van der Waals surface area contributed by atoms with E-state index < -0.39 is 0 Å². The Morgan fingerprint density at radius 2 is 1.05 bits per heavy atom. The number of nitrogens with zero attached hydrogens (tertiary/aromatic N) is 1. The average Bonchev–Trinajstić information content (AvgIpc) is 3.52. The van der Waals surface area contributed by atoms with Gasteiger partial charge in [0.25, 0.3) is 0 Å². The van der Waals surface area contributed by atoms with Crippen LogP contribution in [-0.2, 0) is 5.41 Å². The molecule has 0 aliphatic heterocycles. The second-order valence-electron chi connectivity index (χ2n) is 12.6. The lowest BCUT2D eigenvalue weighted by molar-refractivity contribution is 0.667. The topological polar surface area (TPSA) is 4.93 Å². The first-order valence-electron chi connectivity index (χ1n) is 15.4. The van der Waals surface area contributed by atoms with E-state index in [0.29, 0.717) is 0 Å². The predicted octanol–water partition coefficient (Wildman–Crippen LogP) is 11.6. The zero-order valence-electron chi connectivity index (χ0n) is 24.9. The van der Waals surface area contributed by atoms with Crippen molar-refractivity contribution >= 4 is 32.6 Å². The summed E-state index contributed by atoms with van der Waals surface area (Å²) in [7, 11) is 0. The number of para-hydroxylation sites is 1. The first-order chi connectivity index (χ1) is 21.6. The van der Waals surface area contributed by atoms with Gasteiger partial charge in [-0.05, 0) is 91.7 Å². The standard InChI is InChI=1S/C43H31N/c1-43(2)39-26-38-35-19-11-12-20-40(35)44(41(38)27-37(39)36-22-21-30-17-9-10-18-34(30)42(36)43)33-24-31(28-13-5-3-6-14-28)23-32(25-33)29-15-7-4-8-16-29/h3-27H,1-2H3. The van der Waals surface area contributed by atoms with Crippen LogP contribution in [0, 0.1) is 0 Å². The van der Waals surface area contributed by atoms with Crippen molar-refractivity contribution in [2.45, 2.75) is 19.3 Å². The van der Waals surface area contributed by atoms with Crippen LogP contribution in [-0.4, -0.2) is 4.57 Å². The summed E-state index contributed by atoms with van der Waals surface area (Å²) in [5.74, 6) is 0. The maximum absolute atomic E-state index is 2.48. The van der Waals surface area contributed by atoms with Crippen LogP contribution in [0.25, 0.3) is 71.6 Å². The summed E-state index contributed by atoms with van der Waals surface area (Å²) in [6.45, 7) is 4.79. The third-order valence-corrected chi connectivity index (χ3v) is 9.72. The second-order valence-corrected chi connectivity index (χ2v) is 12.6. The minimum absolute atomic E-state index is 0.101. The van der Waals surface area contributed by atoms with E-state index in [2.05, 4.69) is 170 Å². The molecule has 0 spiro atoms. The van der Waals surface area contributed by atoms with Gasteiger partial charge in [0.05, 0.1) is 11.0 Å². The van der Waals surface area contributed by atoms with E-state index in [1.807, 2.05) is 0 Å². The molecule has 9 rings (SSSR count). The van der Waals surface area contributed by atoms with Crippen molar-refractivity contribution in [2.75, 3.05) is 0 Å². The van der Waals surface area contributed by atoms with E-state index >= 15 is 0 Å². The van der Waals surface area contributed by atoms with Crippen molar-refractivity contribution in [2.24, 2.45) is 0 Å². The predicted molar refractivity (Wildman–Crippen MR) is 187 cm³/mol. The molecule has 208 valence electrons. The number of rotatable bonds is 3. The minimum atomic E-state index is -0.101. The third kappa shape index (κ3) is 3.59. The van der Waals surface area contributed by atoms with Gasteiger partial charge in [0.15, 0.2) is 0 Å². The first-order valence-corrected chi connectivity index (χ1v) is 15.4. The van der Waals surface area contributed by atoms with E-state index in [1.54, 1.807) is 0 Å². The van der Waals surface area contributed by atoms with Gasteiger partial charge in [0.2, 0.25) is 0 Å². The Morgan fingerprint density at radius 1 is 0.432 bits per heavy atom. The molecule has 1 aliphatic carbocycles. The van der Waals surface area contributed by atoms with Crippen LogP contribution in [0.2, 0.25) is 0 Å². The fourth-order valence-corrected chi connectivity index (χ4v) is 7.67. The molecule has 0 saturated heterocycles. The van der Waals surface area contributed by atoms with E-state index in [0.717, 1.165) is 0 Å². The third-order valence-electron chi connectivity index (χ3n) is 9.72. The maximum atomic E-state index is 2.48. The minimum Gasteiger partial charge on any atom is -0.309 e. The van der Waals surface area contributed by atoms with Crippen molar-refractivity contribution in [1.82, 2.24) is 4.57 Å². The van der Waals surface area contributed by atoms with Crippen LogP contribution in [0.1, 0.15) is 25.0 Å². The Kier molecular flexibility index (Phi) is 5.31. The lowest BCUT2D eigenvalue weighted by Gasteiger charge is -2.23. The molecule has 0 unspecified atom stereocenters. The van der Waals surface area contributed by atoms with Crippen LogP contribution in [0.4, 0.5) is 0 Å². The maximum Gasteiger partial charge on any atom is 0.0547 e. The zero-order chi connectivity index (χ0) is 29.4. The van der Waals surface area contributed by atoms with Crippen LogP contribution < -0.4 is 0 Å². The number of hydrogen-bond donors (Lipinski definition) is 0. The van der Waals surface area contributed by atoms with Gasteiger partial charge in [-0.1, -0.05) is 129 Å². The highest BCUT2D eigenvalue weighted by molar-refractivity contribution is 6.12. The SMILES string of the molecule is CC1(C)c2cc3c4ccccc4n(-c4cc(-c5ccccc5)cc(-c5ccccc5)c4)c3cc2-c2ccc3ccccc3c21. The molecule has 0 atom stereocenters. The van der Waals surface area contributed by atoms with Crippen LogP contribution >= 0.6 is 0 Å². The summed E-state index contributed by atoms with van der Waals surface area (Å²) in [5, 5.41) is 5.24. The van der Waals surface area contributed by atoms with Gasteiger partial charge in [-0.3, -0.25) is 0 Å². The summed E-state index contributed by atoms with van der Waals surface area (Å²) in [6.07, 6.45) is 0. The molecule has 1 aromatic heterocycles. The lowest BCUT2D eigenvalue weighted by Crippen LogP contribution is -2.15. The molecule has 1 heterocycles. The normalized spacial score (nSPS) is 13.4. The van der Waals surface area contributed by atoms with E-state index in [4.69, 9.17) is 0 Å². The Bertz CT molecular complexity index is 2330.